The van der Waals surface area contributed by atoms with E-state index < -0.39 is 0 Å². The molecule has 11 rings (SSSR count). The van der Waals surface area contributed by atoms with E-state index in [1.54, 1.807) is 0 Å². The van der Waals surface area contributed by atoms with Crippen molar-refractivity contribution in [2.75, 3.05) is 0 Å². The molecule has 2 N–H and O–H groups in total. The molecule has 0 unspecified atom stereocenters. The van der Waals surface area contributed by atoms with Crippen LogP contribution in [-0.2, 0) is 6.42 Å². The molecular weight excluding hydrogens is 699 g/mol. The highest BCUT2D eigenvalue weighted by Crippen LogP contribution is 2.41. The molecule has 11 aromatic rings. The Bertz CT molecular complexity index is 3320. The summed E-state index contributed by atoms with van der Waals surface area (Å²) >= 11 is 0. The van der Waals surface area contributed by atoms with Gasteiger partial charge in [-0.25, -0.2) is 0 Å². The summed E-state index contributed by atoms with van der Waals surface area (Å²) in [4.78, 5) is 4.92. The van der Waals surface area contributed by atoms with E-state index in [2.05, 4.69) is 144 Å². The molecule has 5 nitrogen and oxygen atoms in total. The van der Waals surface area contributed by atoms with E-state index in [-0.39, 0.29) is 0 Å². The topological polar surface area (TPSA) is 69.6 Å². The van der Waals surface area contributed by atoms with Gasteiger partial charge in [-0.05, 0) is 82.4 Å². The summed E-state index contributed by atoms with van der Waals surface area (Å²) in [5, 5.41) is 5.60. The number of hydrogen-bond donors (Lipinski definition) is 1. The summed E-state index contributed by atoms with van der Waals surface area (Å²) < 4.78 is 15.4. The number of fused-ring (bicyclic) bond motifs is 7. The normalized spacial score (nSPS) is 12.1. The zero-order valence-corrected chi connectivity index (χ0v) is 30.9. The summed E-state index contributed by atoms with van der Waals surface area (Å²) in [5.41, 5.74) is 20.0. The van der Waals surface area contributed by atoms with Crippen molar-refractivity contribution in [1.82, 2.24) is 4.57 Å². The number of aliphatic imine (C=N–C) groups is 1. The maximum absolute atomic E-state index is 6.62. The monoisotopic (exact) mass is 733 g/mol. The van der Waals surface area contributed by atoms with Crippen LogP contribution in [0.2, 0.25) is 0 Å². The molecule has 0 saturated heterocycles. The first-order valence-corrected chi connectivity index (χ1v) is 19.2. The van der Waals surface area contributed by atoms with Crippen LogP contribution >= 0.6 is 0 Å². The fourth-order valence-electron chi connectivity index (χ4n) is 8.42. The highest BCUT2D eigenvalue weighted by molar-refractivity contribution is 6.12. The largest absolute Gasteiger partial charge is 0.456 e. The second-order valence-electron chi connectivity index (χ2n) is 14.5. The molecule has 0 aliphatic heterocycles. The van der Waals surface area contributed by atoms with Gasteiger partial charge in [0.2, 0.25) is 5.88 Å². The van der Waals surface area contributed by atoms with Gasteiger partial charge in [-0.1, -0.05) is 133 Å². The van der Waals surface area contributed by atoms with Crippen molar-refractivity contribution in [3.05, 3.63) is 205 Å². The lowest BCUT2D eigenvalue weighted by Gasteiger charge is -2.08. The molecule has 0 saturated carbocycles. The third-order valence-corrected chi connectivity index (χ3v) is 11.1. The summed E-state index contributed by atoms with van der Waals surface area (Å²) in [6, 6.07) is 65.4. The molecule has 5 heteroatoms. The van der Waals surface area contributed by atoms with E-state index in [9.17, 15) is 0 Å². The van der Waals surface area contributed by atoms with Crippen LogP contribution < -0.4 is 5.73 Å². The van der Waals surface area contributed by atoms with Crippen molar-refractivity contribution in [3.63, 3.8) is 0 Å². The highest BCUT2D eigenvalue weighted by Gasteiger charge is 2.20. The third-order valence-electron chi connectivity index (χ3n) is 11.1. The number of para-hydroxylation sites is 2. The molecule has 0 aliphatic carbocycles. The van der Waals surface area contributed by atoms with E-state index in [0.717, 1.165) is 77.5 Å². The van der Waals surface area contributed by atoms with E-state index >= 15 is 0 Å². The summed E-state index contributed by atoms with van der Waals surface area (Å²) in [7, 11) is 0. The first-order valence-electron chi connectivity index (χ1n) is 19.2. The summed E-state index contributed by atoms with van der Waals surface area (Å²) in [5.74, 6) is 0.907. The number of hydrogen-bond acceptors (Lipinski definition) is 3. The van der Waals surface area contributed by atoms with Crippen molar-refractivity contribution in [1.29, 1.82) is 0 Å². The molecule has 3 heterocycles. The van der Waals surface area contributed by atoms with Crippen molar-refractivity contribution in [3.8, 4) is 27.9 Å². The van der Waals surface area contributed by atoms with Crippen LogP contribution in [0.25, 0.3) is 82.7 Å². The Morgan fingerprint density at radius 3 is 1.96 bits per heavy atom. The van der Waals surface area contributed by atoms with Gasteiger partial charge in [-0.15, -0.1) is 0 Å². The van der Waals surface area contributed by atoms with Crippen LogP contribution in [0.5, 0.6) is 0 Å². The predicted molar refractivity (Wildman–Crippen MR) is 235 cm³/mol. The van der Waals surface area contributed by atoms with Crippen LogP contribution in [-0.4, -0.2) is 10.4 Å². The zero-order chi connectivity index (χ0) is 37.9. The lowest BCUT2D eigenvalue weighted by molar-refractivity contribution is 0.622. The SMILES string of the molecule is N/C(=N\c1oc2cc(-c3ccccc3)ccc2c1Cc1cccc2oc3ccc(-c4ccc5c(c4)c4ccccc4n5-c4ccccc4)cc3c12)c1ccccc1. The average Bonchev–Trinajstić information content (AvgIpc) is 3.93. The Kier molecular flexibility index (Phi) is 7.64. The molecule has 57 heavy (non-hydrogen) atoms. The minimum absolute atomic E-state index is 0.402. The Hall–Kier alpha value is -7.63. The molecule has 0 aliphatic rings. The molecule has 0 atom stereocenters. The highest BCUT2D eigenvalue weighted by atomic mass is 16.3. The van der Waals surface area contributed by atoms with Crippen LogP contribution in [0.15, 0.2) is 202 Å². The number of aromatic nitrogens is 1. The van der Waals surface area contributed by atoms with Crippen LogP contribution in [0.1, 0.15) is 16.7 Å². The van der Waals surface area contributed by atoms with Gasteiger partial charge in [0.1, 0.15) is 22.6 Å². The fourth-order valence-corrected chi connectivity index (χ4v) is 8.42. The van der Waals surface area contributed by atoms with Gasteiger partial charge in [0.05, 0.1) is 11.0 Å². The maximum Gasteiger partial charge on any atom is 0.225 e. The molecular formula is C52H35N3O2. The van der Waals surface area contributed by atoms with Gasteiger partial charge in [-0.2, -0.15) is 4.99 Å². The van der Waals surface area contributed by atoms with Crippen LogP contribution in [0.3, 0.4) is 0 Å². The number of rotatable bonds is 7. The molecule has 3 aromatic heterocycles. The molecule has 0 fully saturated rings. The van der Waals surface area contributed by atoms with Gasteiger partial charge >= 0.3 is 0 Å². The van der Waals surface area contributed by atoms with E-state index in [1.807, 2.05) is 48.5 Å². The van der Waals surface area contributed by atoms with Gasteiger partial charge in [0.25, 0.3) is 0 Å². The van der Waals surface area contributed by atoms with Crippen molar-refractivity contribution >= 4 is 66.4 Å². The third kappa shape index (κ3) is 5.59. The summed E-state index contributed by atoms with van der Waals surface area (Å²) in [6.07, 6.45) is 0.569. The number of nitrogens with zero attached hydrogens (tertiary/aromatic N) is 2. The lowest BCUT2D eigenvalue weighted by Crippen LogP contribution is -2.12. The summed E-state index contributed by atoms with van der Waals surface area (Å²) in [6.45, 7) is 0. The molecule has 8 aromatic carbocycles. The van der Waals surface area contributed by atoms with Gasteiger partial charge in [0, 0.05) is 50.2 Å². The van der Waals surface area contributed by atoms with Crippen LogP contribution in [0.4, 0.5) is 5.88 Å². The quantitative estimate of drug-likeness (QED) is 0.131. The second-order valence-corrected chi connectivity index (χ2v) is 14.5. The standard InChI is InChI=1S/C52H35N3O2/c53-51(34-15-6-2-7-16-34)54-52-43(41-26-23-37(32-49(41)57-52)33-13-4-1-5-14-33)31-38-17-12-22-48-50(38)44-30-36(25-28-47(44)56-48)35-24-27-46-42(29-35)40-20-10-11-21-45(40)55(46)39-18-8-3-9-19-39/h1-30,32H,31H2,(H2,53,54). The minimum Gasteiger partial charge on any atom is -0.456 e. The molecule has 0 radical (unpaired) electrons. The Morgan fingerprint density at radius 1 is 0.474 bits per heavy atom. The fraction of sp³-hybridized carbons (Fsp3) is 0.0192. The Balaban J connectivity index is 1.05. The minimum atomic E-state index is 0.402. The molecule has 0 spiro atoms. The molecule has 270 valence electrons. The molecule has 0 bridgehead atoms. The second kappa shape index (κ2) is 13.3. The zero-order valence-electron chi connectivity index (χ0n) is 30.9. The Labute approximate surface area is 328 Å². The van der Waals surface area contributed by atoms with Crippen molar-refractivity contribution < 1.29 is 8.83 Å². The number of amidine groups is 1. The first-order chi connectivity index (χ1) is 28.2. The van der Waals surface area contributed by atoms with Gasteiger partial charge in [0.15, 0.2) is 0 Å². The smallest absolute Gasteiger partial charge is 0.225 e. The number of benzene rings is 8. The van der Waals surface area contributed by atoms with Gasteiger partial charge < -0.3 is 19.1 Å². The maximum atomic E-state index is 6.62. The average molecular weight is 734 g/mol. The van der Waals surface area contributed by atoms with E-state index in [4.69, 9.17) is 19.6 Å². The number of furan rings is 2. The van der Waals surface area contributed by atoms with Crippen molar-refractivity contribution in [2.45, 2.75) is 6.42 Å². The molecule has 0 amide bonds. The lowest BCUT2D eigenvalue weighted by atomic mass is 9.96. The number of nitrogens with two attached hydrogens (primary N) is 1. The van der Waals surface area contributed by atoms with Gasteiger partial charge in [-0.3, -0.25) is 0 Å². The van der Waals surface area contributed by atoms with E-state index in [0.29, 0.717) is 18.1 Å². The predicted octanol–water partition coefficient (Wildman–Crippen LogP) is 13.4. The van der Waals surface area contributed by atoms with E-state index in [1.165, 1.54) is 21.8 Å². The Morgan fingerprint density at radius 2 is 1.14 bits per heavy atom. The van der Waals surface area contributed by atoms with Crippen LogP contribution in [0, 0.1) is 0 Å². The van der Waals surface area contributed by atoms with Crippen molar-refractivity contribution in [2.24, 2.45) is 10.7 Å². The first kappa shape index (κ1) is 32.8.